The van der Waals surface area contributed by atoms with Crippen LogP contribution in [0.1, 0.15) is 42.1 Å². The van der Waals surface area contributed by atoms with Gasteiger partial charge in [-0.3, -0.25) is 9.59 Å². The van der Waals surface area contributed by atoms with Crippen molar-refractivity contribution in [3.8, 4) is 0 Å². The molecule has 4 N–H and O–H groups in total. The van der Waals surface area contributed by atoms with E-state index in [2.05, 4.69) is 21.6 Å². The third-order valence-corrected chi connectivity index (χ3v) is 4.96. The van der Waals surface area contributed by atoms with E-state index in [1.807, 2.05) is 37.3 Å². The molecule has 2 aromatic carbocycles. The molecule has 1 atom stereocenters. The third-order valence-electron chi connectivity index (χ3n) is 4.96. The molecule has 1 aliphatic heterocycles. The van der Waals surface area contributed by atoms with Crippen LogP contribution in [0.5, 0.6) is 0 Å². The second-order valence-corrected chi connectivity index (χ2v) is 7.34. The maximum Gasteiger partial charge on any atom is 0.248 e. The number of hydrogen-bond acceptors (Lipinski definition) is 4. The summed E-state index contributed by atoms with van der Waals surface area (Å²) in [6.07, 6.45) is 2.81. The van der Waals surface area contributed by atoms with E-state index in [1.165, 1.54) is 12.8 Å². The fraction of sp³-hybridized carbons (Fsp3) is 0.364. The van der Waals surface area contributed by atoms with Gasteiger partial charge in [0.15, 0.2) is 0 Å². The number of benzene rings is 2. The standard InChI is InChI=1S/C22H28N4O2/c1-16(24-15-17-6-4-7-18(13-17)22(23)28)12-21(27)25-19-8-5-9-20(14-19)26-10-2-3-11-26/h4-9,13-14,16,24H,2-3,10-12,15H2,1H3,(H2,23,28)(H,25,27). The lowest BCUT2D eigenvalue weighted by Gasteiger charge is -2.19. The first-order valence-electron chi connectivity index (χ1n) is 9.78. The van der Waals surface area contributed by atoms with Crippen LogP contribution in [0, 0.1) is 0 Å². The lowest BCUT2D eigenvalue weighted by atomic mass is 10.1. The minimum Gasteiger partial charge on any atom is -0.371 e. The van der Waals surface area contributed by atoms with Crippen molar-refractivity contribution in [1.82, 2.24) is 5.32 Å². The smallest absolute Gasteiger partial charge is 0.248 e. The van der Waals surface area contributed by atoms with E-state index in [4.69, 9.17) is 5.73 Å². The van der Waals surface area contributed by atoms with Crippen molar-refractivity contribution in [2.45, 2.75) is 38.8 Å². The van der Waals surface area contributed by atoms with Gasteiger partial charge in [0.05, 0.1) is 0 Å². The first-order valence-corrected chi connectivity index (χ1v) is 9.78. The maximum absolute atomic E-state index is 12.4. The Morgan fingerprint density at radius 3 is 2.61 bits per heavy atom. The van der Waals surface area contributed by atoms with Crippen LogP contribution in [0.4, 0.5) is 11.4 Å². The van der Waals surface area contributed by atoms with E-state index in [-0.39, 0.29) is 11.9 Å². The lowest BCUT2D eigenvalue weighted by molar-refractivity contribution is -0.116. The van der Waals surface area contributed by atoms with E-state index >= 15 is 0 Å². The minimum atomic E-state index is -0.439. The number of carbonyl (C=O) groups is 2. The molecule has 2 amide bonds. The average Bonchev–Trinajstić information content (AvgIpc) is 3.21. The van der Waals surface area contributed by atoms with E-state index in [0.29, 0.717) is 18.5 Å². The number of hydrogen-bond donors (Lipinski definition) is 3. The molecule has 0 radical (unpaired) electrons. The summed E-state index contributed by atoms with van der Waals surface area (Å²) in [4.78, 5) is 26.0. The molecule has 1 heterocycles. The fourth-order valence-corrected chi connectivity index (χ4v) is 3.44. The predicted octanol–water partition coefficient (Wildman–Crippen LogP) is 2.89. The third kappa shape index (κ3) is 5.57. The Morgan fingerprint density at radius 1 is 1.11 bits per heavy atom. The summed E-state index contributed by atoms with van der Waals surface area (Å²) in [5, 5.41) is 6.31. The highest BCUT2D eigenvalue weighted by Crippen LogP contribution is 2.23. The van der Waals surface area contributed by atoms with Crippen molar-refractivity contribution in [3.05, 3.63) is 59.7 Å². The number of nitrogens with zero attached hydrogens (tertiary/aromatic N) is 1. The molecule has 0 saturated carbocycles. The Hall–Kier alpha value is -2.86. The number of nitrogens with two attached hydrogens (primary N) is 1. The zero-order chi connectivity index (χ0) is 19.9. The topological polar surface area (TPSA) is 87.5 Å². The molecular formula is C22H28N4O2. The molecule has 1 unspecified atom stereocenters. The van der Waals surface area contributed by atoms with Crippen LogP contribution >= 0.6 is 0 Å². The number of primary amides is 1. The number of amides is 2. The molecule has 0 spiro atoms. The quantitative estimate of drug-likeness (QED) is 0.657. The van der Waals surface area contributed by atoms with Gasteiger partial charge in [-0.1, -0.05) is 18.2 Å². The molecular weight excluding hydrogens is 352 g/mol. The summed E-state index contributed by atoms with van der Waals surface area (Å²) in [5.74, 6) is -0.463. The summed E-state index contributed by atoms with van der Waals surface area (Å²) < 4.78 is 0. The second kappa shape index (κ2) is 9.37. The van der Waals surface area contributed by atoms with Crippen molar-refractivity contribution in [3.63, 3.8) is 0 Å². The number of carbonyl (C=O) groups excluding carboxylic acids is 2. The fourth-order valence-electron chi connectivity index (χ4n) is 3.44. The minimum absolute atomic E-state index is 0.000927. The Kier molecular flexibility index (Phi) is 6.66. The first-order chi connectivity index (χ1) is 13.5. The van der Waals surface area contributed by atoms with E-state index in [9.17, 15) is 9.59 Å². The Morgan fingerprint density at radius 2 is 1.86 bits per heavy atom. The van der Waals surface area contributed by atoms with E-state index < -0.39 is 5.91 Å². The van der Waals surface area contributed by atoms with Gasteiger partial charge in [-0.25, -0.2) is 0 Å². The molecule has 0 aromatic heterocycles. The summed E-state index contributed by atoms with van der Waals surface area (Å²) in [7, 11) is 0. The number of nitrogens with one attached hydrogen (secondary N) is 2. The SMILES string of the molecule is CC(CC(=O)Nc1cccc(N2CCCC2)c1)NCc1cccc(C(N)=O)c1. The van der Waals surface area contributed by atoms with E-state index in [1.54, 1.807) is 12.1 Å². The Balaban J connectivity index is 1.48. The van der Waals surface area contributed by atoms with Crippen molar-refractivity contribution in [2.75, 3.05) is 23.3 Å². The molecule has 28 heavy (non-hydrogen) atoms. The maximum atomic E-state index is 12.4. The summed E-state index contributed by atoms with van der Waals surface area (Å²) >= 11 is 0. The second-order valence-electron chi connectivity index (χ2n) is 7.34. The molecule has 0 aliphatic carbocycles. The normalized spacial score (nSPS) is 14.7. The zero-order valence-electron chi connectivity index (χ0n) is 16.3. The molecule has 6 nitrogen and oxygen atoms in total. The molecule has 3 rings (SSSR count). The molecule has 2 aromatic rings. The largest absolute Gasteiger partial charge is 0.371 e. The molecule has 1 aliphatic rings. The van der Waals surface area contributed by atoms with Gasteiger partial charge in [0.2, 0.25) is 11.8 Å². The van der Waals surface area contributed by atoms with Crippen LogP contribution in [0.3, 0.4) is 0 Å². The monoisotopic (exact) mass is 380 g/mol. The van der Waals surface area contributed by atoms with Crippen LogP contribution in [0.25, 0.3) is 0 Å². The van der Waals surface area contributed by atoms with Crippen molar-refractivity contribution in [1.29, 1.82) is 0 Å². The summed E-state index contributed by atoms with van der Waals surface area (Å²) in [5.41, 5.74) is 8.75. The van der Waals surface area contributed by atoms with Gasteiger partial charge in [0, 0.05) is 49.0 Å². The van der Waals surface area contributed by atoms with Gasteiger partial charge in [-0.15, -0.1) is 0 Å². The molecule has 0 bridgehead atoms. The molecule has 1 saturated heterocycles. The van der Waals surface area contributed by atoms with Crippen LogP contribution in [0.2, 0.25) is 0 Å². The Labute approximate surface area is 166 Å². The van der Waals surface area contributed by atoms with Crippen LogP contribution in [-0.4, -0.2) is 30.9 Å². The average molecular weight is 380 g/mol. The van der Waals surface area contributed by atoms with Crippen molar-refractivity contribution >= 4 is 23.2 Å². The molecule has 148 valence electrons. The van der Waals surface area contributed by atoms with Gasteiger partial charge in [-0.2, -0.15) is 0 Å². The van der Waals surface area contributed by atoms with E-state index in [0.717, 1.165) is 30.0 Å². The van der Waals surface area contributed by atoms with Gasteiger partial charge < -0.3 is 21.3 Å². The number of rotatable bonds is 8. The lowest BCUT2D eigenvalue weighted by Crippen LogP contribution is -2.30. The van der Waals surface area contributed by atoms with Gasteiger partial charge in [-0.05, 0) is 55.7 Å². The highest BCUT2D eigenvalue weighted by atomic mass is 16.2. The predicted molar refractivity (Wildman–Crippen MR) is 112 cm³/mol. The number of anilines is 2. The molecule has 1 fully saturated rings. The van der Waals surface area contributed by atoms with Crippen molar-refractivity contribution < 1.29 is 9.59 Å². The highest BCUT2D eigenvalue weighted by molar-refractivity contribution is 5.93. The van der Waals surface area contributed by atoms with Gasteiger partial charge >= 0.3 is 0 Å². The zero-order valence-corrected chi connectivity index (χ0v) is 16.3. The molecule has 6 heteroatoms. The Bertz CT molecular complexity index is 831. The highest BCUT2D eigenvalue weighted by Gasteiger charge is 2.14. The van der Waals surface area contributed by atoms with Gasteiger partial charge in [0.1, 0.15) is 0 Å². The first kappa shape index (κ1) is 19.9. The summed E-state index contributed by atoms with van der Waals surface area (Å²) in [6, 6.07) is 15.2. The summed E-state index contributed by atoms with van der Waals surface area (Å²) in [6.45, 7) is 4.70. The van der Waals surface area contributed by atoms with Gasteiger partial charge in [0.25, 0.3) is 0 Å². The van der Waals surface area contributed by atoms with Crippen LogP contribution in [0.15, 0.2) is 48.5 Å². The van der Waals surface area contributed by atoms with Crippen molar-refractivity contribution in [2.24, 2.45) is 5.73 Å². The van der Waals surface area contributed by atoms with Crippen LogP contribution in [-0.2, 0) is 11.3 Å². The van der Waals surface area contributed by atoms with Crippen LogP contribution < -0.4 is 21.3 Å².